The predicted molar refractivity (Wildman–Crippen MR) is 80.5 cm³/mol. The maximum Gasteiger partial charge on any atom is 0.325 e. The van der Waals surface area contributed by atoms with Gasteiger partial charge in [0.05, 0.1) is 19.3 Å². The van der Waals surface area contributed by atoms with Crippen LogP contribution in [0.2, 0.25) is 0 Å². The van der Waals surface area contributed by atoms with E-state index in [1.165, 1.54) is 10.9 Å². The second-order valence-electron chi connectivity index (χ2n) is 4.87. The first-order valence-corrected chi connectivity index (χ1v) is 7.12. The Morgan fingerprint density at radius 2 is 2.04 bits per heavy atom. The van der Waals surface area contributed by atoms with Crippen LogP contribution in [0.25, 0.3) is 0 Å². The summed E-state index contributed by atoms with van der Waals surface area (Å²) in [7, 11) is 0. The van der Waals surface area contributed by atoms with Crippen molar-refractivity contribution in [2.45, 2.75) is 19.5 Å². The molecule has 0 bridgehead atoms. The summed E-state index contributed by atoms with van der Waals surface area (Å²) >= 11 is 0. The zero-order valence-electron chi connectivity index (χ0n) is 12.5. The summed E-state index contributed by atoms with van der Waals surface area (Å²) in [6.07, 6.45) is 2.22. The lowest BCUT2D eigenvalue weighted by Crippen LogP contribution is -2.27. The molecule has 23 heavy (non-hydrogen) atoms. The zero-order chi connectivity index (χ0) is 16.5. The number of hydrogen-bond donors (Lipinski definition) is 2. The molecule has 2 aromatic rings. The van der Waals surface area contributed by atoms with Gasteiger partial charge >= 0.3 is 5.97 Å². The van der Waals surface area contributed by atoms with E-state index in [0.717, 1.165) is 12.0 Å². The van der Waals surface area contributed by atoms with Crippen LogP contribution in [0, 0.1) is 0 Å². The molecule has 0 atom stereocenters. The minimum absolute atomic E-state index is 0.0317. The van der Waals surface area contributed by atoms with E-state index >= 15 is 0 Å². The number of nitrogens with zero attached hydrogens (tertiary/aromatic N) is 3. The number of hydrogen-bond acceptors (Lipinski definition) is 5. The smallest absolute Gasteiger partial charge is 0.325 e. The molecule has 1 aromatic carbocycles. The highest BCUT2D eigenvalue weighted by Crippen LogP contribution is 1.99. The van der Waals surface area contributed by atoms with Gasteiger partial charge in [-0.25, -0.2) is 4.68 Å². The van der Waals surface area contributed by atoms with Crippen LogP contribution >= 0.6 is 0 Å². The number of nitrogens with one attached hydrogen (secondary N) is 1. The Labute approximate surface area is 133 Å². The van der Waals surface area contributed by atoms with Crippen molar-refractivity contribution in [2.24, 2.45) is 0 Å². The molecule has 8 nitrogen and oxygen atoms in total. The predicted octanol–water partition coefficient (Wildman–Crippen LogP) is 0.238. The van der Waals surface area contributed by atoms with Gasteiger partial charge in [0.2, 0.25) is 5.91 Å². The molecule has 122 valence electrons. The second kappa shape index (κ2) is 8.64. The van der Waals surface area contributed by atoms with E-state index in [9.17, 15) is 9.59 Å². The van der Waals surface area contributed by atoms with E-state index in [-0.39, 0.29) is 25.6 Å². The minimum Gasteiger partial charge on any atom is -0.480 e. The summed E-state index contributed by atoms with van der Waals surface area (Å²) < 4.78 is 6.51. The van der Waals surface area contributed by atoms with Crippen LogP contribution < -0.4 is 5.32 Å². The normalized spacial score (nSPS) is 10.4. The van der Waals surface area contributed by atoms with Crippen molar-refractivity contribution in [1.29, 1.82) is 0 Å². The molecule has 1 heterocycles. The summed E-state index contributed by atoms with van der Waals surface area (Å²) in [6.45, 7) is 0.354. The fourth-order valence-electron chi connectivity index (χ4n) is 1.88. The van der Waals surface area contributed by atoms with Crippen LogP contribution in [0.15, 0.2) is 36.5 Å². The quantitative estimate of drug-likeness (QED) is 0.641. The molecular formula is C15H18N4O4. The molecule has 8 heteroatoms. The highest BCUT2D eigenvalue weighted by atomic mass is 16.5. The Morgan fingerprint density at radius 3 is 2.78 bits per heavy atom. The number of carboxylic acids is 1. The molecular weight excluding hydrogens is 300 g/mol. The molecule has 0 aliphatic heterocycles. The van der Waals surface area contributed by atoms with Gasteiger partial charge in [-0.05, 0) is 12.0 Å². The van der Waals surface area contributed by atoms with Gasteiger partial charge in [-0.1, -0.05) is 35.5 Å². The minimum atomic E-state index is -1.00. The summed E-state index contributed by atoms with van der Waals surface area (Å²) in [5.74, 6) is -1.26. The van der Waals surface area contributed by atoms with Gasteiger partial charge in [0.15, 0.2) is 0 Å². The zero-order valence-corrected chi connectivity index (χ0v) is 12.5. The third-order valence-electron chi connectivity index (χ3n) is 2.96. The Hall–Kier alpha value is -2.74. The molecule has 1 amide bonds. The number of aliphatic carboxylic acids is 1. The molecule has 2 N–H and O–H groups in total. The van der Waals surface area contributed by atoms with Crippen LogP contribution in [0.3, 0.4) is 0 Å². The van der Waals surface area contributed by atoms with E-state index in [1.54, 1.807) is 0 Å². The van der Waals surface area contributed by atoms with Crippen molar-refractivity contribution in [2.75, 3.05) is 13.2 Å². The van der Waals surface area contributed by atoms with Crippen molar-refractivity contribution in [3.8, 4) is 0 Å². The molecule has 0 fully saturated rings. The van der Waals surface area contributed by atoms with Crippen molar-refractivity contribution >= 4 is 11.9 Å². The Kier molecular flexibility index (Phi) is 6.25. The SMILES string of the molecule is O=C(O)Cn1cc(CNC(=O)COCCc2ccccc2)nn1. The van der Waals surface area contributed by atoms with Crippen molar-refractivity contribution < 1.29 is 19.4 Å². The number of carbonyl (C=O) groups is 2. The lowest BCUT2D eigenvalue weighted by molar-refractivity contribution is -0.138. The molecule has 2 rings (SSSR count). The summed E-state index contributed by atoms with van der Waals surface area (Å²) in [5.41, 5.74) is 1.65. The average molecular weight is 318 g/mol. The van der Waals surface area contributed by atoms with Crippen molar-refractivity contribution in [1.82, 2.24) is 20.3 Å². The monoisotopic (exact) mass is 318 g/mol. The van der Waals surface area contributed by atoms with Gasteiger partial charge in [0, 0.05) is 0 Å². The first-order valence-electron chi connectivity index (χ1n) is 7.12. The molecule has 0 saturated heterocycles. The van der Waals surface area contributed by atoms with Crippen LogP contribution in [0.4, 0.5) is 0 Å². The van der Waals surface area contributed by atoms with E-state index in [0.29, 0.717) is 12.3 Å². The number of rotatable bonds is 9. The van der Waals surface area contributed by atoms with Gasteiger partial charge in [0.25, 0.3) is 0 Å². The first kappa shape index (κ1) is 16.6. The topological polar surface area (TPSA) is 106 Å². The van der Waals surface area contributed by atoms with Crippen LogP contribution in [-0.4, -0.2) is 45.2 Å². The first-order chi connectivity index (χ1) is 11.1. The maximum absolute atomic E-state index is 11.6. The highest BCUT2D eigenvalue weighted by Gasteiger charge is 2.06. The lowest BCUT2D eigenvalue weighted by atomic mass is 10.2. The summed E-state index contributed by atoms with van der Waals surface area (Å²) in [4.78, 5) is 22.1. The fraction of sp³-hybridized carbons (Fsp3) is 0.333. The molecule has 0 aliphatic carbocycles. The summed E-state index contributed by atoms with van der Waals surface area (Å²) in [5, 5.41) is 18.7. The summed E-state index contributed by atoms with van der Waals surface area (Å²) in [6, 6.07) is 9.87. The van der Waals surface area contributed by atoms with Crippen LogP contribution in [0.5, 0.6) is 0 Å². The highest BCUT2D eigenvalue weighted by molar-refractivity contribution is 5.77. The number of carboxylic acid groups (broad SMARTS) is 1. The lowest BCUT2D eigenvalue weighted by Gasteiger charge is -2.05. The van der Waals surface area contributed by atoms with E-state index in [4.69, 9.17) is 9.84 Å². The fourth-order valence-corrected chi connectivity index (χ4v) is 1.88. The van der Waals surface area contributed by atoms with Gasteiger partial charge in [-0.15, -0.1) is 5.10 Å². The molecule has 0 aliphatic rings. The third-order valence-corrected chi connectivity index (χ3v) is 2.96. The molecule has 0 spiro atoms. The largest absolute Gasteiger partial charge is 0.480 e. The second-order valence-corrected chi connectivity index (χ2v) is 4.87. The van der Waals surface area contributed by atoms with Crippen LogP contribution in [0.1, 0.15) is 11.3 Å². The average Bonchev–Trinajstić information content (AvgIpc) is 2.97. The molecule has 0 saturated carbocycles. The van der Waals surface area contributed by atoms with Gasteiger partial charge in [-0.2, -0.15) is 0 Å². The van der Waals surface area contributed by atoms with E-state index in [1.807, 2.05) is 30.3 Å². The van der Waals surface area contributed by atoms with E-state index < -0.39 is 5.97 Å². The van der Waals surface area contributed by atoms with Gasteiger partial charge in [-0.3, -0.25) is 9.59 Å². The van der Waals surface area contributed by atoms with Crippen LogP contribution in [-0.2, 0) is 33.8 Å². The van der Waals surface area contributed by atoms with E-state index in [2.05, 4.69) is 15.6 Å². The van der Waals surface area contributed by atoms with Gasteiger partial charge in [0.1, 0.15) is 18.8 Å². The molecule has 1 aromatic heterocycles. The number of ether oxygens (including phenoxy) is 1. The van der Waals surface area contributed by atoms with Crippen molar-refractivity contribution in [3.05, 3.63) is 47.8 Å². The maximum atomic E-state index is 11.6. The Bertz CT molecular complexity index is 642. The standard InChI is InChI=1S/C15H18N4O4/c20-14(11-23-7-6-12-4-2-1-3-5-12)16-8-13-9-19(18-17-13)10-15(21)22/h1-5,9H,6-8,10-11H2,(H,16,20)(H,21,22). The van der Waals surface area contributed by atoms with Crippen molar-refractivity contribution in [3.63, 3.8) is 0 Å². The molecule has 0 unspecified atom stereocenters. The number of aromatic nitrogens is 3. The molecule has 0 radical (unpaired) electrons. The van der Waals surface area contributed by atoms with Gasteiger partial charge < -0.3 is 15.2 Å². The number of benzene rings is 1. The number of amides is 1. The third kappa shape index (κ3) is 6.27. The Balaban J connectivity index is 1.61. The Morgan fingerprint density at radius 1 is 1.26 bits per heavy atom. The number of carbonyl (C=O) groups excluding carboxylic acids is 1.